The first kappa shape index (κ1) is 35.4. The summed E-state index contributed by atoms with van der Waals surface area (Å²) < 4.78 is 0. The molecule has 0 N–H and O–H groups in total. The molecule has 0 unspecified atom stereocenters. The molecule has 253 valence electrons. The standard InChI is InChI=1S/C46H32N2.3ClH.Cr/c1-5-19-35(20-6-1)45(36-21-7-2-8-22-36)47-41-31-29-33-17-13-15-27-39(33)43(41)44-40-28-16-14-18-34(40)30-32-42(44)48-46(37-23-9-3-10-24-37)38-25-11-4-12-26-38;;;;/h1-32H;3*1H;/q;;;;+3/p-3. The van der Waals surface area contributed by atoms with Gasteiger partial charge < -0.3 is 0 Å². The van der Waals surface area contributed by atoms with Crippen LogP contribution in [0.5, 0.6) is 0 Å². The Labute approximate surface area is 321 Å². The molecule has 0 saturated heterocycles. The Balaban J connectivity index is 0.00000100. The third-order valence-electron chi connectivity index (χ3n) is 8.72. The third kappa shape index (κ3) is 8.22. The number of rotatable bonds is 7. The normalized spacial score (nSPS) is 10.8. The first-order valence-corrected chi connectivity index (χ1v) is 22.0. The zero-order chi connectivity index (χ0) is 35.7. The fourth-order valence-corrected chi connectivity index (χ4v) is 6.45. The van der Waals surface area contributed by atoms with Crippen molar-refractivity contribution < 1.29 is 11.4 Å². The first-order chi connectivity index (χ1) is 25.6. The molecular weight excluding hydrogens is 739 g/mol. The van der Waals surface area contributed by atoms with Crippen LogP contribution in [0.2, 0.25) is 0 Å². The molecule has 0 bridgehead atoms. The van der Waals surface area contributed by atoms with Crippen LogP contribution in [0.4, 0.5) is 11.4 Å². The minimum absolute atomic E-state index is 0.894. The van der Waals surface area contributed by atoms with Crippen molar-refractivity contribution >= 4 is 74.5 Å². The van der Waals surface area contributed by atoms with E-state index in [1.807, 2.05) is 24.3 Å². The van der Waals surface area contributed by atoms with Crippen LogP contribution < -0.4 is 0 Å². The summed E-state index contributed by atoms with van der Waals surface area (Å²) in [5.74, 6) is 0. The summed E-state index contributed by atoms with van der Waals surface area (Å²) in [6.07, 6.45) is 0. The van der Waals surface area contributed by atoms with E-state index in [4.69, 9.17) is 40.1 Å². The molecule has 0 aliphatic heterocycles. The average Bonchev–Trinajstić information content (AvgIpc) is 3.20. The van der Waals surface area contributed by atoms with Gasteiger partial charge in [0.1, 0.15) is 0 Å². The zero-order valence-corrected chi connectivity index (χ0v) is 31.5. The van der Waals surface area contributed by atoms with Crippen molar-refractivity contribution in [2.45, 2.75) is 0 Å². The van der Waals surface area contributed by atoms with Crippen LogP contribution in [0.1, 0.15) is 22.3 Å². The molecule has 8 aromatic rings. The first-order valence-electron chi connectivity index (χ1n) is 16.7. The smallest absolute Gasteiger partial charge is 0.0781 e. The van der Waals surface area contributed by atoms with Gasteiger partial charge in [0, 0.05) is 33.4 Å². The second-order valence-electron chi connectivity index (χ2n) is 11.9. The summed E-state index contributed by atoms with van der Waals surface area (Å²) in [6, 6.07) is 67.7. The predicted octanol–water partition coefficient (Wildman–Crippen LogP) is 14.1. The summed E-state index contributed by atoms with van der Waals surface area (Å²) in [6.45, 7) is 0. The number of benzene rings is 8. The van der Waals surface area contributed by atoms with Gasteiger partial charge in [0.25, 0.3) is 0 Å². The molecule has 0 amide bonds. The van der Waals surface area contributed by atoms with Crippen molar-refractivity contribution in [3.63, 3.8) is 0 Å². The van der Waals surface area contributed by atoms with Gasteiger partial charge in [-0.1, -0.05) is 182 Å². The Morgan fingerprint density at radius 3 is 0.904 bits per heavy atom. The van der Waals surface area contributed by atoms with Gasteiger partial charge in [-0.25, -0.2) is 9.98 Å². The number of nitrogens with zero attached hydrogens (tertiary/aromatic N) is 2. The maximum absolute atomic E-state index is 5.54. The van der Waals surface area contributed by atoms with E-state index in [1.54, 1.807) is 0 Å². The van der Waals surface area contributed by atoms with Crippen molar-refractivity contribution in [3.8, 4) is 11.1 Å². The van der Waals surface area contributed by atoms with Crippen molar-refractivity contribution in [2.24, 2.45) is 9.98 Å². The largest absolute Gasteiger partial charge is 0.247 e. The van der Waals surface area contributed by atoms with Gasteiger partial charge in [-0.15, -0.1) is 0 Å². The van der Waals surface area contributed by atoms with Crippen molar-refractivity contribution in [1.29, 1.82) is 0 Å². The van der Waals surface area contributed by atoms with Gasteiger partial charge in [-0.2, -0.15) is 0 Å². The molecule has 0 radical (unpaired) electrons. The van der Waals surface area contributed by atoms with Crippen molar-refractivity contribution in [1.82, 2.24) is 0 Å². The molecule has 0 aromatic heterocycles. The second kappa shape index (κ2) is 17.0. The maximum Gasteiger partial charge on any atom is 0.0781 e. The third-order valence-corrected chi connectivity index (χ3v) is 8.72. The molecule has 0 saturated carbocycles. The molecule has 0 aliphatic rings. The van der Waals surface area contributed by atoms with E-state index in [1.165, 1.54) is 0 Å². The molecule has 52 heavy (non-hydrogen) atoms. The fraction of sp³-hybridized carbons (Fsp3) is 0. The predicted molar refractivity (Wildman–Crippen MR) is 221 cm³/mol. The van der Waals surface area contributed by atoms with E-state index in [0.717, 1.165) is 77.7 Å². The topological polar surface area (TPSA) is 24.7 Å². The summed E-state index contributed by atoms with van der Waals surface area (Å²) in [4.78, 5) is 11.1. The Bertz CT molecular complexity index is 2230. The van der Waals surface area contributed by atoms with Crippen LogP contribution >= 0.6 is 30.1 Å². The molecule has 0 fully saturated rings. The van der Waals surface area contributed by atoms with E-state index < -0.39 is 11.4 Å². The van der Waals surface area contributed by atoms with E-state index in [-0.39, 0.29) is 0 Å². The summed E-state index contributed by atoms with van der Waals surface area (Å²) in [7, 11) is 14.8. The van der Waals surface area contributed by atoms with Crippen LogP contribution in [-0.2, 0) is 11.4 Å². The molecule has 6 heteroatoms. The van der Waals surface area contributed by atoms with E-state index in [0.29, 0.717) is 0 Å². The Morgan fingerprint density at radius 1 is 0.327 bits per heavy atom. The quantitative estimate of drug-likeness (QED) is 0.144. The van der Waals surface area contributed by atoms with Crippen LogP contribution in [-0.4, -0.2) is 11.4 Å². The molecule has 0 spiro atoms. The van der Waals surface area contributed by atoms with E-state index in [9.17, 15) is 0 Å². The van der Waals surface area contributed by atoms with Gasteiger partial charge in [-0.3, -0.25) is 0 Å². The molecule has 0 heterocycles. The van der Waals surface area contributed by atoms with E-state index >= 15 is 0 Å². The minimum Gasteiger partial charge on any atom is -0.247 e. The molecule has 2 nitrogen and oxygen atoms in total. The van der Waals surface area contributed by atoms with Crippen LogP contribution in [0.3, 0.4) is 0 Å². The zero-order valence-electron chi connectivity index (χ0n) is 27.9. The molecule has 0 aliphatic carbocycles. The number of hydrogen-bond donors (Lipinski definition) is 0. The number of hydrogen-bond acceptors (Lipinski definition) is 2. The van der Waals surface area contributed by atoms with Gasteiger partial charge >= 0.3 is 41.5 Å². The monoisotopic (exact) mass is 769 g/mol. The van der Waals surface area contributed by atoms with Gasteiger partial charge in [0.05, 0.1) is 22.8 Å². The SMILES string of the molecule is [Cl][Cr]([Cl])[Cl].c1ccc(C(=Nc2ccc3ccccc3c2-c2c(N=C(c3ccccc3)c3ccccc3)ccc3ccccc23)c2ccccc2)cc1. The molecule has 0 atom stereocenters. The Kier molecular flexibility index (Phi) is 11.6. The summed E-state index contributed by atoms with van der Waals surface area (Å²) in [5.41, 5.74) is 10.0. The fourth-order valence-electron chi connectivity index (χ4n) is 6.45. The molecular formula is C46H32Cl3CrN2. The minimum atomic E-state index is -1.62. The van der Waals surface area contributed by atoms with Crippen LogP contribution in [0, 0.1) is 0 Å². The van der Waals surface area contributed by atoms with E-state index in [2.05, 4.69) is 170 Å². The van der Waals surface area contributed by atoms with Crippen LogP contribution in [0.25, 0.3) is 32.7 Å². The summed E-state index contributed by atoms with van der Waals surface area (Å²) >= 11 is -1.62. The Morgan fingerprint density at radius 2 is 0.596 bits per heavy atom. The molecule has 8 aromatic carbocycles. The second-order valence-corrected chi connectivity index (χ2v) is 18.2. The van der Waals surface area contributed by atoms with Gasteiger partial charge in [0.15, 0.2) is 0 Å². The number of halogens is 3. The maximum atomic E-state index is 5.54. The van der Waals surface area contributed by atoms with Crippen molar-refractivity contribution in [2.75, 3.05) is 0 Å². The van der Waals surface area contributed by atoms with Crippen LogP contribution in [0.15, 0.2) is 204 Å². The average molecular weight is 771 g/mol. The van der Waals surface area contributed by atoms with Gasteiger partial charge in [-0.05, 0) is 33.7 Å². The number of fused-ring (bicyclic) bond motifs is 2. The number of aliphatic imine (C=N–C) groups is 2. The Hall–Kier alpha value is -4.98. The van der Waals surface area contributed by atoms with Gasteiger partial charge in [0.2, 0.25) is 0 Å². The van der Waals surface area contributed by atoms with Crippen molar-refractivity contribution in [3.05, 3.63) is 216 Å². The summed E-state index contributed by atoms with van der Waals surface area (Å²) in [5, 5.41) is 4.57. The molecule has 8 rings (SSSR count).